The van der Waals surface area contributed by atoms with Gasteiger partial charge in [0.1, 0.15) is 0 Å². The maximum Gasteiger partial charge on any atom is 0.0439 e. The van der Waals surface area contributed by atoms with E-state index in [2.05, 4.69) is 30.2 Å². The lowest BCUT2D eigenvalue weighted by Crippen LogP contribution is -2.04. The average molecular weight is 208 g/mol. The zero-order chi connectivity index (χ0) is 10.6. The molecule has 0 atom stereocenters. The van der Waals surface area contributed by atoms with E-state index in [9.17, 15) is 0 Å². The van der Waals surface area contributed by atoms with Gasteiger partial charge in [-0.3, -0.25) is 4.98 Å². The fraction of sp³-hybridized carbons (Fsp3) is 0.455. The molecule has 0 bridgehead atoms. The van der Waals surface area contributed by atoms with Gasteiger partial charge in [-0.1, -0.05) is 6.07 Å². The molecule has 0 aliphatic carbocycles. The predicted octanol–water partition coefficient (Wildman–Crippen LogP) is 3.26. The molecule has 0 saturated heterocycles. The quantitative estimate of drug-likeness (QED) is 0.550. The Morgan fingerprint density at radius 3 is 2.57 bits per heavy atom. The van der Waals surface area contributed by atoms with Crippen molar-refractivity contribution in [3.63, 3.8) is 0 Å². The Morgan fingerprint density at radius 1 is 1.36 bits per heavy atom. The van der Waals surface area contributed by atoms with Gasteiger partial charge in [0.05, 0.1) is 0 Å². The van der Waals surface area contributed by atoms with E-state index < -0.39 is 0 Å². The summed E-state index contributed by atoms with van der Waals surface area (Å²) in [5.74, 6) is 0. The standard InChI is InChI=1S/C11H16N2S/c1-9-5-6-10(7-12-9)8-13-14-11(2,3)4/h5-8H,1-4H3/b13-8+. The number of hydrogen-bond acceptors (Lipinski definition) is 3. The Bertz CT molecular complexity index is 309. The maximum atomic E-state index is 4.29. The Balaban J connectivity index is 2.57. The molecule has 0 fully saturated rings. The zero-order valence-corrected chi connectivity index (χ0v) is 9.93. The highest BCUT2D eigenvalue weighted by molar-refractivity contribution is 7.99. The molecule has 0 aliphatic heterocycles. The molecule has 1 aromatic rings. The highest BCUT2D eigenvalue weighted by Crippen LogP contribution is 2.23. The van der Waals surface area contributed by atoms with Crippen LogP contribution in [0, 0.1) is 6.92 Å². The van der Waals surface area contributed by atoms with Crippen LogP contribution in [0.5, 0.6) is 0 Å². The Labute approximate surface area is 90.0 Å². The number of aromatic nitrogens is 1. The van der Waals surface area contributed by atoms with Crippen molar-refractivity contribution in [2.45, 2.75) is 32.4 Å². The molecule has 0 radical (unpaired) electrons. The van der Waals surface area contributed by atoms with E-state index >= 15 is 0 Å². The van der Waals surface area contributed by atoms with Crippen molar-refractivity contribution in [3.05, 3.63) is 29.6 Å². The first kappa shape index (κ1) is 11.2. The molecule has 0 aromatic carbocycles. The van der Waals surface area contributed by atoms with Gasteiger partial charge in [-0.2, -0.15) is 0 Å². The summed E-state index contributed by atoms with van der Waals surface area (Å²) in [7, 11) is 0. The number of rotatable bonds is 2. The van der Waals surface area contributed by atoms with E-state index in [-0.39, 0.29) is 4.75 Å². The molecule has 0 amide bonds. The fourth-order valence-corrected chi connectivity index (χ4v) is 1.29. The van der Waals surface area contributed by atoms with E-state index in [4.69, 9.17) is 0 Å². The third-order valence-electron chi connectivity index (χ3n) is 1.46. The number of nitrogens with zero attached hydrogens (tertiary/aromatic N) is 2. The summed E-state index contributed by atoms with van der Waals surface area (Å²) in [5.41, 5.74) is 2.08. The van der Waals surface area contributed by atoms with Crippen LogP contribution in [-0.2, 0) is 0 Å². The molecule has 0 unspecified atom stereocenters. The van der Waals surface area contributed by atoms with Crippen molar-refractivity contribution in [2.24, 2.45) is 4.40 Å². The fourth-order valence-electron chi connectivity index (χ4n) is 0.801. The molecule has 0 aliphatic rings. The van der Waals surface area contributed by atoms with Crippen LogP contribution in [0.25, 0.3) is 0 Å². The smallest absolute Gasteiger partial charge is 0.0439 e. The lowest BCUT2D eigenvalue weighted by molar-refractivity contribution is 0.804. The second kappa shape index (κ2) is 4.60. The van der Waals surface area contributed by atoms with Gasteiger partial charge in [-0.25, -0.2) is 4.40 Å². The summed E-state index contributed by atoms with van der Waals surface area (Å²) in [6.07, 6.45) is 3.68. The third-order valence-corrected chi connectivity index (χ3v) is 2.22. The molecule has 2 nitrogen and oxygen atoms in total. The van der Waals surface area contributed by atoms with Crippen LogP contribution in [0.2, 0.25) is 0 Å². The summed E-state index contributed by atoms with van der Waals surface area (Å²) < 4.78 is 4.47. The second-order valence-corrected chi connectivity index (χ2v) is 5.79. The van der Waals surface area contributed by atoms with Gasteiger partial charge in [0.25, 0.3) is 0 Å². The minimum absolute atomic E-state index is 0.175. The molecule has 1 rings (SSSR count). The van der Waals surface area contributed by atoms with Crippen LogP contribution in [0.4, 0.5) is 0 Å². The lowest BCUT2D eigenvalue weighted by Gasteiger charge is -2.11. The molecule has 1 heterocycles. The van der Waals surface area contributed by atoms with Crippen LogP contribution in [0.3, 0.4) is 0 Å². The highest BCUT2D eigenvalue weighted by Gasteiger charge is 2.08. The minimum Gasteiger partial charge on any atom is -0.261 e. The molecule has 0 N–H and O–H groups in total. The number of pyridine rings is 1. The summed E-state index contributed by atoms with van der Waals surface area (Å²) in [5, 5.41) is 0. The molecule has 0 spiro atoms. The monoisotopic (exact) mass is 208 g/mol. The summed E-state index contributed by atoms with van der Waals surface area (Å²) in [6.45, 7) is 8.40. The van der Waals surface area contributed by atoms with E-state index in [0.29, 0.717) is 0 Å². The SMILES string of the molecule is Cc1ccc(/C=N/SC(C)(C)C)cn1. The van der Waals surface area contributed by atoms with Crippen LogP contribution >= 0.6 is 11.9 Å². The van der Waals surface area contributed by atoms with Crippen molar-refractivity contribution in [2.75, 3.05) is 0 Å². The van der Waals surface area contributed by atoms with Crippen molar-refractivity contribution in [3.8, 4) is 0 Å². The van der Waals surface area contributed by atoms with Crippen LogP contribution in [0.1, 0.15) is 32.0 Å². The predicted molar refractivity (Wildman–Crippen MR) is 63.9 cm³/mol. The molecule has 76 valence electrons. The third kappa shape index (κ3) is 4.42. The number of aryl methyl sites for hydroxylation is 1. The Hall–Kier alpha value is -0.830. The zero-order valence-electron chi connectivity index (χ0n) is 9.11. The van der Waals surface area contributed by atoms with Crippen molar-refractivity contribution >= 4 is 18.2 Å². The van der Waals surface area contributed by atoms with Crippen molar-refractivity contribution in [1.82, 2.24) is 4.98 Å². The van der Waals surface area contributed by atoms with Crippen LogP contribution < -0.4 is 0 Å². The molecule has 1 aromatic heterocycles. The second-order valence-electron chi connectivity index (χ2n) is 4.17. The van der Waals surface area contributed by atoms with E-state index in [1.807, 2.05) is 31.5 Å². The van der Waals surface area contributed by atoms with Crippen LogP contribution in [0.15, 0.2) is 22.7 Å². The molecule has 14 heavy (non-hydrogen) atoms. The van der Waals surface area contributed by atoms with Gasteiger partial charge >= 0.3 is 0 Å². The van der Waals surface area contributed by atoms with Gasteiger partial charge in [-0.05, 0) is 45.7 Å². The van der Waals surface area contributed by atoms with Crippen molar-refractivity contribution in [1.29, 1.82) is 0 Å². The summed E-state index contributed by atoms with van der Waals surface area (Å²) in [4.78, 5) is 4.19. The van der Waals surface area contributed by atoms with E-state index in [1.165, 1.54) is 0 Å². The largest absolute Gasteiger partial charge is 0.261 e. The highest BCUT2D eigenvalue weighted by atomic mass is 32.2. The van der Waals surface area contributed by atoms with E-state index in [0.717, 1.165) is 11.3 Å². The maximum absolute atomic E-state index is 4.29. The summed E-state index contributed by atoms with van der Waals surface area (Å²) in [6, 6.07) is 4.01. The Kier molecular flexibility index (Phi) is 3.69. The topological polar surface area (TPSA) is 25.2 Å². The summed E-state index contributed by atoms with van der Waals surface area (Å²) >= 11 is 1.57. The minimum atomic E-state index is 0.175. The van der Waals surface area contributed by atoms with Gasteiger partial charge in [0.15, 0.2) is 0 Å². The first-order valence-corrected chi connectivity index (χ1v) is 5.39. The number of hydrogen-bond donors (Lipinski definition) is 0. The van der Waals surface area contributed by atoms with Gasteiger partial charge in [-0.15, -0.1) is 0 Å². The Morgan fingerprint density at radius 2 is 2.07 bits per heavy atom. The molecule has 3 heteroatoms. The molecular weight excluding hydrogens is 192 g/mol. The molecular formula is C11H16N2S. The van der Waals surface area contributed by atoms with E-state index in [1.54, 1.807) is 11.9 Å². The van der Waals surface area contributed by atoms with Gasteiger partial charge in [0, 0.05) is 28.4 Å². The van der Waals surface area contributed by atoms with Gasteiger partial charge < -0.3 is 0 Å². The van der Waals surface area contributed by atoms with Gasteiger partial charge in [0.2, 0.25) is 0 Å². The first-order chi connectivity index (χ1) is 6.47. The normalized spacial score (nSPS) is 12.3. The van der Waals surface area contributed by atoms with Crippen LogP contribution in [-0.4, -0.2) is 15.9 Å². The van der Waals surface area contributed by atoms with Crippen molar-refractivity contribution < 1.29 is 0 Å². The first-order valence-electron chi connectivity index (χ1n) is 4.61. The molecule has 0 saturated carbocycles. The lowest BCUT2D eigenvalue weighted by atomic mass is 10.3. The average Bonchev–Trinajstić information content (AvgIpc) is 2.06.